The van der Waals surface area contributed by atoms with E-state index in [1.54, 1.807) is 7.11 Å². The largest absolute Gasteiger partial charge is 0.384 e. The van der Waals surface area contributed by atoms with Crippen LogP contribution in [0.15, 0.2) is 30.6 Å². The summed E-state index contributed by atoms with van der Waals surface area (Å²) in [6.07, 6.45) is 1.90. The molecule has 0 fully saturated rings. The van der Waals surface area contributed by atoms with Crippen molar-refractivity contribution in [1.82, 2.24) is 14.5 Å². The average molecular weight is 306 g/mol. The Hall–Kier alpha value is -1.36. The normalized spacial score (nSPS) is 18.7. The molecule has 1 aromatic heterocycles. The number of ether oxygens (including phenoxy) is 1. The second-order valence-electron chi connectivity index (χ2n) is 5.60. The van der Waals surface area contributed by atoms with Gasteiger partial charge in [-0.3, -0.25) is 4.90 Å². The van der Waals surface area contributed by atoms with E-state index in [0.29, 0.717) is 12.5 Å². The molecule has 1 aromatic carbocycles. The summed E-state index contributed by atoms with van der Waals surface area (Å²) in [4.78, 5) is 6.92. The van der Waals surface area contributed by atoms with E-state index in [1.807, 2.05) is 24.5 Å². The van der Waals surface area contributed by atoms with Crippen LogP contribution in [-0.4, -0.2) is 34.7 Å². The summed E-state index contributed by atoms with van der Waals surface area (Å²) in [5.74, 6) is 0.355. The number of methoxy groups -OCH3 is 1. The van der Waals surface area contributed by atoms with Gasteiger partial charge < -0.3 is 9.30 Å². The van der Waals surface area contributed by atoms with Gasteiger partial charge in [0.1, 0.15) is 0 Å². The van der Waals surface area contributed by atoms with Gasteiger partial charge >= 0.3 is 0 Å². The van der Waals surface area contributed by atoms with Crippen LogP contribution in [0.1, 0.15) is 22.9 Å². The standard InChI is InChI=1S/C16H20ClN3O/c1-19-11-18-15-9-20(8-13(10-21-2)16(15)19)7-12-5-3-4-6-14(12)17/h3-6,11,13H,7-10H2,1-2H3. The predicted octanol–water partition coefficient (Wildman–Crippen LogP) is 2.82. The van der Waals surface area contributed by atoms with Crippen LogP contribution in [0.25, 0.3) is 0 Å². The first-order chi connectivity index (χ1) is 10.2. The maximum Gasteiger partial charge on any atom is 0.0949 e. The molecular formula is C16H20ClN3O. The smallest absolute Gasteiger partial charge is 0.0949 e. The molecule has 2 aromatic rings. The maximum atomic E-state index is 6.27. The van der Waals surface area contributed by atoms with Gasteiger partial charge in [0.15, 0.2) is 0 Å². The van der Waals surface area contributed by atoms with Crippen molar-refractivity contribution in [2.24, 2.45) is 7.05 Å². The zero-order valence-electron chi connectivity index (χ0n) is 12.4. The number of fused-ring (bicyclic) bond motifs is 1. The van der Waals surface area contributed by atoms with Crippen LogP contribution < -0.4 is 0 Å². The second-order valence-corrected chi connectivity index (χ2v) is 6.01. The Morgan fingerprint density at radius 2 is 2.19 bits per heavy atom. The molecule has 0 saturated carbocycles. The molecule has 0 N–H and O–H groups in total. The minimum atomic E-state index is 0.355. The molecule has 0 bridgehead atoms. The van der Waals surface area contributed by atoms with E-state index in [4.69, 9.17) is 16.3 Å². The fraction of sp³-hybridized carbons (Fsp3) is 0.438. The molecule has 5 heteroatoms. The molecule has 3 rings (SSSR count). The Morgan fingerprint density at radius 1 is 1.38 bits per heavy atom. The van der Waals surface area contributed by atoms with Crippen molar-refractivity contribution in [3.8, 4) is 0 Å². The highest BCUT2D eigenvalue weighted by atomic mass is 35.5. The van der Waals surface area contributed by atoms with Crippen LogP contribution >= 0.6 is 11.6 Å². The molecule has 2 heterocycles. The lowest BCUT2D eigenvalue weighted by Gasteiger charge is -2.32. The van der Waals surface area contributed by atoms with E-state index in [-0.39, 0.29) is 0 Å². The topological polar surface area (TPSA) is 30.3 Å². The van der Waals surface area contributed by atoms with Crippen LogP contribution in [-0.2, 0) is 24.9 Å². The summed E-state index contributed by atoms with van der Waals surface area (Å²) in [6, 6.07) is 8.03. The Balaban J connectivity index is 1.82. The highest BCUT2D eigenvalue weighted by Crippen LogP contribution is 2.29. The van der Waals surface area contributed by atoms with Gasteiger partial charge in [0, 0.05) is 50.4 Å². The van der Waals surface area contributed by atoms with Crippen LogP contribution in [0.4, 0.5) is 0 Å². The Kier molecular flexibility index (Phi) is 4.29. The molecular weight excluding hydrogens is 286 g/mol. The zero-order valence-corrected chi connectivity index (χ0v) is 13.2. The van der Waals surface area contributed by atoms with Crippen molar-refractivity contribution >= 4 is 11.6 Å². The first-order valence-corrected chi connectivity index (χ1v) is 7.51. The van der Waals surface area contributed by atoms with Crippen molar-refractivity contribution < 1.29 is 4.74 Å². The molecule has 112 valence electrons. The van der Waals surface area contributed by atoms with Gasteiger partial charge in [-0.2, -0.15) is 0 Å². The lowest BCUT2D eigenvalue weighted by molar-refractivity contribution is 0.132. The fourth-order valence-corrected chi connectivity index (χ4v) is 3.32. The molecule has 0 aliphatic carbocycles. The summed E-state index contributed by atoms with van der Waals surface area (Å²) < 4.78 is 7.51. The Labute approximate surface area is 130 Å². The van der Waals surface area contributed by atoms with Crippen molar-refractivity contribution in [2.75, 3.05) is 20.3 Å². The van der Waals surface area contributed by atoms with E-state index >= 15 is 0 Å². The summed E-state index contributed by atoms with van der Waals surface area (Å²) >= 11 is 6.27. The van der Waals surface area contributed by atoms with Gasteiger partial charge in [-0.15, -0.1) is 0 Å². The summed E-state index contributed by atoms with van der Waals surface area (Å²) in [6.45, 7) is 3.38. The molecule has 4 nitrogen and oxygen atoms in total. The maximum absolute atomic E-state index is 6.27. The van der Waals surface area contributed by atoms with Gasteiger partial charge in [0.25, 0.3) is 0 Å². The Morgan fingerprint density at radius 3 is 2.95 bits per heavy atom. The summed E-state index contributed by atoms with van der Waals surface area (Å²) in [5, 5.41) is 0.826. The third kappa shape index (κ3) is 2.98. The number of nitrogens with zero attached hydrogens (tertiary/aromatic N) is 3. The zero-order chi connectivity index (χ0) is 14.8. The number of aryl methyl sites for hydroxylation is 1. The molecule has 0 radical (unpaired) electrons. The molecule has 0 spiro atoms. The van der Waals surface area contributed by atoms with E-state index < -0.39 is 0 Å². The SMILES string of the molecule is COCC1CN(Cc2ccccc2Cl)Cc2ncn(C)c21. The number of hydrogen-bond donors (Lipinski definition) is 0. The van der Waals surface area contributed by atoms with Crippen LogP contribution in [0.5, 0.6) is 0 Å². The highest BCUT2D eigenvalue weighted by Gasteiger charge is 2.29. The quantitative estimate of drug-likeness (QED) is 0.870. The first-order valence-electron chi connectivity index (χ1n) is 7.14. The molecule has 0 amide bonds. The monoisotopic (exact) mass is 305 g/mol. The van der Waals surface area contributed by atoms with Crippen molar-refractivity contribution in [3.63, 3.8) is 0 Å². The van der Waals surface area contributed by atoms with Crippen LogP contribution in [0.2, 0.25) is 5.02 Å². The van der Waals surface area contributed by atoms with E-state index in [0.717, 1.165) is 35.9 Å². The third-order valence-corrected chi connectivity index (χ3v) is 4.39. The lowest BCUT2D eigenvalue weighted by atomic mass is 9.98. The highest BCUT2D eigenvalue weighted by molar-refractivity contribution is 6.31. The number of aromatic nitrogens is 2. The number of hydrogen-bond acceptors (Lipinski definition) is 3. The van der Waals surface area contributed by atoms with Crippen molar-refractivity contribution in [3.05, 3.63) is 52.6 Å². The molecule has 1 atom stereocenters. The van der Waals surface area contributed by atoms with Crippen LogP contribution in [0.3, 0.4) is 0 Å². The summed E-state index contributed by atoms with van der Waals surface area (Å²) in [7, 11) is 3.81. The van der Waals surface area contributed by atoms with Gasteiger partial charge in [0.05, 0.1) is 18.6 Å². The van der Waals surface area contributed by atoms with Crippen molar-refractivity contribution in [1.29, 1.82) is 0 Å². The number of halogens is 1. The molecule has 1 unspecified atom stereocenters. The fourth-order valence-electron chi connectivity index (χ4n) is 3.13. The van der Waals surface area contributed by atoms with E-state index in [9.17, 15) is 0 Å². The first kappa shape index (κ1) is 14.6. The molecule has 21 heavy (non-hydrogen) atoms. The minimum absolute atomic E-state index is 0.355. The number of rotatable bonds is 4. The van der Waals surface area contributed by atoms with E-state index in [2.05, 4.69) is 27.6 Å². The van der Waals surface area contributed by atoms with Gasteiger partial charge in [-0.25, -0.2) is 4.98 Å². The predicted molar refractivity (Wildman–Crippen MR) is 83.4 cm³/mol. The van der Waals surface area contributed by atoms with Gasteiger partial charge in [0.2, 0.25) is 0 Å². The summed E-state index contributed by atoms with van der Waals surface area (Å²) in [5.41, 5.74) is 3.61. The Bertz CT molecular complexity index is 626. The van der Waals surface area contributed by atoms with Crippen LogP contribution in [0, 0.1) is 0 Å². The number of imidazole rings is 1. The van der Waals surface area contributed by atoms with Crippen molar-refractivity contribution in [2.45, 2.75) is 19.0 Å². The van der Waals surface area contributed by atoms with E-state index in [1.165, 1.54) is 5.69 Å². The lowest BCUT2D eigenvalue weighted by Crippen LogP contribution is -2.35. The molecule has 1 aliphatic heterocycles. The number of benzene rings is 1. The van der Waals surface area contributed by atoms with Gasteiger partial charge in [-0.1, -0.05) is 29.8 Å². The minimum Gasteiger partial charge on any atom is -0.384 e. The average Bonchev–Trinajstić information content (AvgIpc) is 2.83. The second kappa shape index (κ2) is 6.18. The third-order valence-electron chi connectivity index (χ3n) is 4.02. The van der Waals surface area contributed by atoms with Gasteiger partial charge in [-0.05, 0) is 11.6 Å². The molecule has 1 aliphatic rings. The molecule has 0 saturated heterocycles.